The molecule has 0 amide bonds. The number of thioether (sulfide) groups is 1. The lowest BCUT2D eigenvalue weighted by Gasteiger charge is -2.41. The zero-order valence-electron chi connectivity index (χ0n) is 41.8. The van der Waals surface area contributed by atoms with Crippen molar-refractivity contribution in [3.05, 3.63) is 123 Å². The summed E-state index contributed by atoms with van der Waals surface area (Å²) in [4.78, 5) is 43.2. The highest BCUT2D eigenvalue weighted by Crippen LogP contribution is 2.32. The Bertz CT molecular complexity index is 2530. The molecule has 4 fully saturated rings. The number of thiocarbonyl (C=S) groups is 1. The first-order valence-corrected chi connectivity index (χ1v) is 29.2. The van der Waals surface area contributed by atoms with Crippen LogP contribution in [-0.2, 0) is 0 Å². The number of aliphatic imine (C=N–C) groups is 1. The minimum Gasteiger partial charge on any atom is -0.382 e. The van der Waals surface area contributed by atoms with Crippen molar-refractivity contribution in [1.82, 2.24) is 14.8 Å². The third-order valence-corrected chi connectivity index (χ3v) is 16.3. The van der Waals surface area contributed by atoms with Gasteiger partial charge in [-0.1, -0.05) is 82.0 Å². The molecule has 4 aromatic carbocycles. The van der Waals surface area contributed by atoms with Gasteiger partial charge in [0.05, 0.1) is 5.33 Å². The van der Waals surface area contributed by atoms with Gasteiger partial charge in [0.15, 0.2) is 21.2 Å². The molecular weight excluding hydrogens is 1100 g/mol. The molecule has 12 nitrogen and oxygen atoms in total. The molecule has 0 radical (unpaired) electrons. The van der Waals surface area contributed by atoms with Crippen molar-refractivity contribution in [2.75, 3.05) is 89.6 Å². The maximum Gasteiger partial charge on any atom is 0.206 e. The number of nitrogens with zero attached hydrogens (tertiary/aromatic N) is 6. The Kier molecular flexibility index (Phi) is 24.1. The molecule has 0 saturated carbocycles. The van der Waals surface area contributed by atoms with Crippen LogP contribution in [-0.4, -0.2) is 112 Å². The zero-order valence-corrected chi connectivity index (χ0v) is 48.7. The molecule has 4 aliphatic rings. The van der Waals surface area contributed by atoms with Crippen molar-refractivity contribution in [3.8, 4) is 0 Å². The summed E-state index contributed by atoms with van der Waals surface area (Å²) in [6.07, 6.45) is 13.3. The predicted octanol–water partition coefficient (Wildman–Crippen LogP) is 12.7. The fourth-order valence-corrected chi connectivity index (χ4v) is 11.8. The average Bonchev–Trinajstić information content (AvgIpc) is 3.79. The Balaban J connectivity index is 0.000000199. The number of Topliss-reactive ketones (excluding diaryl/α,β-unsaturated/α-hetero) is 1. The highest BCUT2D eigenvalue weighted by atomic mass is 79.9. The second-order valence-electron chi connectivity index (χ2n) is 18.3. The zero-order chi connectivity index (χ0) is 50.8. The van der Waals surface area contributed by atoms with Gasteiger partial charge >= 0.3 is 0 Å². The van der Waals surface area contributed by atoms with Crippen LogP contribution in [0.3, 0.4) is 0 Å². The first-order chi connectivity index (χ1) is 35.0. The standard InChI is InChI=1S/C26H30ClN5OS.C20H31N5S2.C8H6BrClO.H3P/c27-19-6-4-18(5-7-19)23(33)24-25(28)30-26(34-24)29-20-8-10-21(11-9-20)32-16-12-22(13-17-32)31-14-2-1-3-15-31;1-2-27-19(21)23-20(26)22-16-6-8-17(9-7-16)25-14-10-18(11-15-25)24-12-4-3-5-13-24;9-5-8(11)6-1-3-7(10)4-2-6;/h4-11,22H,1-3,12-17,28H2,(H,29,30);6-9,18H,2-5,10-15H2,1H3,(H3,21,22,23,26);1-4H,5H2;1H3. The van der Waals surface area contributed by atoms with Crippen LogP contribution >= 0.6 is 84.3 Å². The maximum atomic E-state index is 12.8. The Labute approximate surface area is 467 Å². The lowest BCUT2D eigenvalue weighted by atomic mass is 9.99. The number of benzene rings is 4. The van der Waals surface area contributed by atoms with E-state index in [1.165, 1.54) is 125 Å². The van der Waals surface area contributed by atoms with Crippen LogP contribution in [0.4, 0.5) is 33.7 Å². The molecule has 19 heteroatoms. The van der Waals surface area contributed by atoms with Crippen LogP contribution in [0.1, 0.15) is 96.7 Å². The van der Waals surface area contributed by atoms with Gasteiger partial charge in [-0.2, -0.15) is 14.9 Å². The minimum absolute atomic E-state index is 0. The molecule has 6 N–H and O–H groups in total. The Morgan fingerprint density at radius 1 is 0.712 bits per heavy atom. The van der Waals surface area contributed by atoms with Gasteiger partial charge in [-0.05, 0) is 193 Å². The molecule has 0 spiro atoms. The van der Waals surface area contributed by atoms with E-state index in [1.54, 1.807) is 48.5 Å². The number of carbonyl (C=O) groups excluding carboxylic acids is 2. The van der Waals surface area contributed by atoms with Crippen LogP contribution in [0, 0.1) is 0 Å². The summed E-state index contributed by atoms with van der Waals surface area (Å²) >= 11 is 22.7. The molecular formula is C54H70BrCl2N10O2PS3. The summed E-state index contributed by atoms with van der Waals surface area (Å²) in [5.74, 6) is 1.05. The summed E-state index contributed by atoms with van der Waals surface area (Å²) in [6.45, 7) is 11.7. The van der Waals surface area contributed by atoms with Gasteiger partial charge in [-0.25, -0.2) is 4.98 Å². The van der Waals surface area contributed by atoms with Crippen LogP contribution < -0.4 is 31.9 Å². The van der Waals surface area contributed by atoms with Crippen molar-refractivity contribution < 1.29 is 9.59 Å². The van der Waals surface area contributed by atoms with Crippen LogP contribution in [0.25, 0.3) is 0 Å². The van der Waals surface area contributed by atoms with Gasteiger partial charge in [0.2, 0.25) is 5.78 Å². The fraction of sp³-hybridized carbons (Fsp3) is 0.426. The fourth-order valence-electron chi connectivity index (χ4n) is 9.61. The summed E-state index contributed by atoms with van der Waals surface area (Å²) < 4.78 is 0. The number of nitrogens with one attached hydrogen (secondary N) is 2. The van der Waals surface area contributed by atoms with Gasteiger partial charge in [-0.3, -0.25) is 9.59 Å². The molecule has 0 aliphatic carbocycles. The normalized spacial score (nSPS) is 17.0. The number of likely N-dealkylation sites (tertiary alicyclic amines) is 2. The predicted molar refractivity (Wildman–Crippen MR) is 326 cm³/mol. The molecule has 5 aromatic rings. The molecule has 392 valence electrons. The average molecular weight is 1170 g/mol. The largest absolute Gasteiger partial charge is 0.382 e. The van der Waals surface area contributed by atoms with Crippen molar-refractivity contribution in [2.45, 2.75) is 83.2 Å². The molecule has 1 unspecified atom stereocenters. The monoisotopic (exact) mass is 1170 g/mol. The Morgan fingerprint density at radius 3 is 1.62 bits per heavy atom. The van der Waals surface area contributed by atoms with Gasteiger partial charge in [-0.15, -0.1) is 0 Å². The number of rotatable bonds is 12. The first-order valence-electron chi connectivity index (χ1n) is 25.1. The van der Waals surface area contributed by atoms with Crippen LogP contribution in [0.2, 0.25) is 10.0 Å². The lowest BCUT2D eigenvalue weighted by molar-refractivity contribution is 0.102. The van der Waals surface area contributed by atoms with E-state index in [0.717, 1.165) is 55.4 Å². The van der Waals surface area contributed by atoms with E-state index in [9.17, 15) is 9.59 Å². The molecule has 5 heterocycles. The van der Waals surface area contributed by atoms with Gasteiger partial charge < -0.3 is 41.7 Å². The number of aromatic nitrogens is 1. The number of amidine groups is 1. The number of carbonyl (C=O) groups is 2. The number of piperidine rings is 4. The van der Waals surface area contributed by atoms with Gasteiger partial charge in [0.25, 0.3) is 0 Å². The van der Waals surface area contributed by atoms with Crippen LogP contribution in [0.15, 0.2) is 102 Å². The van der Waals surface area contributed by atoms with E-state index in [0.29, 0.717) is 46.8 Å². The Morgan fingerprint density at radius 2 is 1.16 bits per heavy atom. The van der Waals surface area contributed by atoms with E-state index in [-0.39, 0.29) is 27.3 Å². The summed E-state index contributed by atoms with van der Waals surface area (Å²) in [5.41, 5.74) is 17.5. The van der Waals surface area contributed by atoms with E-state index < -0.39 is 0 Å². The summed E-state index contributed by atoms with van der Waals surface area (Å²) in [5, 5.41) is 9.53. The number of alkyl halides is 1. The Hall–Kier alpha value is -3.83. The van der Waals surface area contributed by atoms with E-state index in [4.69, 9.17) is 46.9 Å². The maximum absolute atomic E-state index is 12.8. The molecule has 4 saturated heterocycles. The first kappa shape index (κ1) is 58.4. The third-order valence-electron chi connectivity index (χ3n) is 13.5. The number of anilines is 6. The number of halogens is 3. The second kappa shape index (κ2) is 30.0. The number of nitrogens with two attached hydrogens (primary N) is 2. The van der Waals surface area contributed by atoms with Crippen LogP contribution in [0.5, 0.6) is 0 Å². The number of ketones is 2. The van der Waals surface area contributed by atoms with Crippen molar-refractivity contribution in [2.24, 2.45) is 10.7 Å². The highest BCUT2D eigenvalue weighted by Gasteiger charge is 2.27. The van der Waals surface area contributed by atoms with E-state index in [1.807, 2.05) is 6.92 Å². The SMILES string of the molecule is CCSC(N)=NC(=S)Nc1ccc(N2CCC(N3CCCCC3)CC2)cc1.Nc1nc(Nc2ccc(N3CCC(N4CCCCC4)CC3)cc2)sc1C(=O)c1ccc(Cl)cc1.O=C(CBr)c1ccc(Cl)cc1.P. The van der Waals surface area contributed by atoms with E-state index in [2.05, 4.69) is 105 Å². The number of hydrogen-bond donors (Lipinski definition) is 4. The quantitative estimate of drug-likeness (QED) is 0.0235. The van der Waals surface area contributed by atoms with Gasteiger partial charge in [0, 0.05) is 82.2 Å². The molecule has 1 aromatic heterocycles. The minimum atomic E-state index is -0.150. The smallest absolute Gasteiger partial charge is 0.206 e. The van der Waals surface area contributed by atoms with Gasteiger partial charge in [0.1, 0.15) is 10.7 Å². The summed E-state index contributed by atoms with van der Waals surface area (Å²) in [6, 6.07) is 32.1. The third kappa shape index (κ3) is 17.9. The highest BCUT2D eigenvalue weighted by molar-refractivity contribution is 9.09. The lowest BCUT2D eigenvalue weighted by Crippen LogP contribution is -2.46. The molecule has 4 aliphatic heterocycles. The number of nitrogen functional groups attached to an aromatic ring is 1. The molecule has 73 heavy (non-hydrogen) atoms. The molecule has 0 bridgehead atoms. The second-order valence-corrected chi connectivity index (χ2v) is 22.4. The number of hydrogen-bond acceptors (Lipinski definition) is 12. The summed E-state index contributed by atoms with van der Waals surface area (Å²) in [7, 11) is 0. The molecule has 9 rings (SSSR count). The topological polar surface area (TPSA) is 148 Å². The van der Waals surface area contributed by atoms with Crippen molar-refractivity contribution >= 4 is 140 Å². The van der Waals surface area contributed by atoms with E-state index >= 15 is 0 Å². The van der Waals surface area contributed by atoms with Crippen molar-refractivity contribution in [1.29, 1.82) is 0 Å². The molecule has 1 atom stereocenters. The van der Waals surface area contributed by atoms with Crippen molar-refractivity contribution in [3.63, 3.8) is 0 Å². The number of thiazole rings is 1.